The summed E-state index contributed by atoms with van der Waals surface area (Å²) in [7, 11) is 0. The molecular formula is C17H25F3IN3O2. The van der Waals surface area contributed by atoms with Crippen LogP contribution in [0.4, 0.5) is 13.2 Å². The summed E-state index contributed by atoms with van der Waals surface area (Å²) in [5, 5.41) is 15.9. The molecule has 2 rings (SSSR count). The molecule has 0 saturated heterocycles. The summed E-state index contributed by atoms with van der Waals surface area (Å²) in [4.78, 5) is 4.37. The van der Waals surface area contributed by atoms with E-state index < -0.39 is 6.36 Å². The van der Waals surface area contributed by atoms with Crippen molar-refractivity contribution in [2.24, 2.45) is 4.99 Å². The molecule has 5 nitrogen and oxygen atoms in total. The van der Waals surface area contributed by atoms with Crippen LogP contribution in [0.2, 0.25) is 0 Å². The van der Waals surface area contributed by atoms with Gasteiger partial charge in [0.1, 0.15) is 5.75 Å². The van der Waals surface area contributed by atoms with E-state index >= 15 is 0 Å². The van der Waals surface area contributed by atoms with Gasteiger partial charge in [-0.3, -0.25) is 0 Å². The van der Waals surface area contributed by atoms with Crippen LogP contribution in [0, 0.1) is 0 Å². The second kappa shape index (κ2) is 10.8. The Balaban J connectivity index is 0.00000338. The minimum absolute atomic E-state index is 0. The van der Waals surface area contributed by atoms with Gasteiger partial charge in [-0.15, -0.1) is 37.1 Å². The van der Waals surface area contributed by atoms with Gasteiger partial charge in [-0.1, -0.05) is 18.2 Å². The van der Waals surface area contributed by atoms with Crippen LogP contribution in [0.3, 0.4) is 0 Å². The molecular weight excluding hydrogens is 462 g/mol. The maximum absolute atomic E-state index is 12.5. The first-order valence-electron chi connectivity index (χ1n) is 8.44. The van der Waals surface area contributed by atoms with Gasteiger partial charge in [-0.25, -0.2) is 4.99 Å². The summed E-state index contributed by atoms with van der Waals surface area (Å²) in [5.74, 6) is 0.307. The molecule has 0 heterocycles. The van der Waals surface area contributed by atoms with Crippen molar-refractivity contribution < 1.29 is 23.0 Å². The molecule has 9 heteroatoms. The molecule has 148 valence electrons. The number of aliphatic imine (C=N–C) groups is 1. The first kappa shape index (κ1) is 22.8. The van der Waals surface area contributed by atoms with Crippen molar-refractivity contribution >= 4 is 29.9 Å². The highest BCUT2D eigenvalue weighted by molar-refractivity contribution is 14.0. The minimum Gasteiger partial charge on any atom is -0.405 e. The summed E-state index contributed by atoms with van der Waals surface area (Å²) < 4.78 is 41.5. The van der Waals surface area contributed by atoms with E-state index in [4.69, 9.17) is 0 Å². The first-order valence-corrected chi connectivity index (χ1v) is 8.44. The lowest BCUT2D eigenvalue weighted by Gasteiger charge is -2.27. The van der Waals surface area contributed by atoms with E-state index in [-0.39, 0.29) is 48.4 Å². The van der Waals surface area contributed by atoms with Gasteiger partial charge in [-0.2, -0.15) is 0 Å². The molecule has 0 bridgehead atoms. The maximum atomic E-state index is 12.5. The second-order valence-electron chi connectivity index (χ2n) is 6.00. The number of aliphatic hydroxyl groups excluding tert-OH is 1. The number of hydrogen-bond donors (Lipinski definition) is 3. The zero-order valence-electron chi connectivity index (χ0n) is 14.6. The number of halogens is 4. The molecule has 0 atom stereocenters. The Morgan fingerprint density at radius 2 is 1.88 bits per heavy atom. The molecule has 1 aromatic rings. The number of nitrogens with one attached hydrogen (secondary N) is 2. The van der Waals surface area contributed by atoms with Gasteiger partial charge >= 0.3 is 6.36 Å². The third-order valence-corrected chi connectivity index (χ3v) is 3.99. The van der Waals surface area contributed by atoms with Gasteiger partial charge in [0.05, 0.1) is 12.6 Å². The van der Waals surface area contributed by atoms with Gasteiger partial charge in [0.2, 0.25) is 0 Å². The van der Waals surface area contributed by atoms with Crippen LogP contribution < -0.4 is 15.4 Å². The number of nitrogens with zero attached hydrogens (tertiary/aromatic N) is 1. The standard InChI is InChI=1S/C17H24F3N3O2.HI/c1-2-21-16(23-13-7-9-14(24)10-8-13)22-11-12-5-3-4-6-15(12)25-17(18,19)20;/h3-6,13-14,24H,2,7-11H2,1H3,(H2,21,22,23);1H. The molecule has 1 fully saturated rings. The van der Waals surface area contributed by atoms with E-state index in [1.54, 1.807) is 12.1 Å². The first-order chi connectivity index (χ1) is 11.9. The number of ether oxygens (including phenoxy) is 1. The zero-order chi connectivity index (χ0) is 18.3. The largest absolute Gasteiger partial charge is 0.573 e. The number of guanidine groups is 1. The summed E-state index contributed by atoms with van der Waals surface area (Å²) in [6.07, 6.45) is -1.84. The van der Waals surface area contributed by atoms with E-state index in [0.717, 1.165) is 25.7 Å². The average Bonchev–Trinajstić information content (AvgIpc) is 2.55. The number of rotatable bonds is 5. The molecule has 0 aromatic heterocycles. The molecule has 0 unspecified atom stereocenters. The third kappa shape index (κ3) is 7.98. The highest BCUT2D eigenvalue weighted by Gasteiger charge is 2.32. The van der Waals surface area contributed by atoms with Crippen LogP contribution in [0.5, 0.6) is 5.75 Å². The fourth-order valence-electron chi connectivity index (χ4n) is 2.76. The summed E-state index contributed by atoms with van der Waals surface area (Å²) >= 11 is 0. The van der Waals surface area contributed by atoms with Gasteiger partial charge in [0, 0.05) is 18.2 Å². The Hall–Kier alpha value is -1.23. The van der Waals surface area contributed by atoms with Gasteiger partial charge in [0.25, 0.3) is 0 Å². The lowest BCUT2D eigenvalue weighted by atomic mass is 9.93. The highest BCUT2D eigenvalue weighted by atomic mass is 127. The van der Waals surface area contributed by atoms with Gasteiger partial charge in [0.15, 0.2) is 5.96 Å². The molecule has 0 aliphatic heterocycles. The number of hydrogen-bond acceptors (Lipinski definition) is 3. The van der Waals surface area contributed by atoms with Crippen LogP contribution in [-0.4, -0.2) is 36.1 Å². The van der Waals surface area contributed by atoms with Crippen molar-refractivity contribution in [2.75, 3.05) is 6.54 Å². The van der Waals surface area contributed by atoms with Gasteiger partial charge in [-0.05, 0) is 38.7 Å². The number of para-hydroxylation sites is 1. The van der Waals surface area contributed by atoms with Crippen LogP contribution in [0.1, 0.15) is 38.2 Å². The Morgan fingerprint density at radius 1 is 1.23 bits per heavy atom. The molecule has 1 saturated carbocycles. The van der Waals surface area contributed by atoms with Crippen molar-refractivity contribution in [3.63, 3.8) is 0 Å². The molecule has 1 aliphatic carbocycles. The topological polar surface area (TPSA) is 65.9 Å². The maximum Gasteiger partial charge on any atom is 0.573 e. The van der Waals surface area contributed by atoms with E-state index in [9.17, 15) is 18.3 Å². The molecule has 0 radical (unpaired) electrons. The van der Waals surface area contributed by atoms with Crippen LogP contribution in [0.25, 0.3) is 0 Å². The predicted octanol–water partition coefficient (Wildman–Crippen LogP) is 3.56. The zero-order valence-corrected chi connectivity index (χ0v) is 16.9. The SMILES string of the molecule is CCNC(=NCc1ccccc1OC(F)(F)F)NC1CCC(O)CC1.I. The fraction of sp³-hybridized carbons (Fsp3) is 0.588. The molecule has 3 N–H and O–H groups in total. The average molecular weight is 487 g/mol. The van der Waals surface area contributed by atoms with E-state index in [0.29, 0.717) is 18.1 Å². The summed E-state index contributed by atoms with van der Waals surface area (Å²) in [5.41, 5.74) is 0.357. The Bertz CT molecular complexity index is 577. The molecule has 1 aromatic carbocycles. The monoisotopic (exact) mass is 487 g/mol. The second-order valence-corrected chi connectivity index (χ2v) is 6.00. The summed E-state index contributed by atoms with van der Waals surface area (Å²) in [6, 6.07) is 6.18. The molecule has 0 spiro atoms. The third-order valence-electron chi connectivity index (χ3n) is 3.99. The van der Waals surface area contributed by atoms with Crippen LogP contribution in [-0.2, 0) is 6.54 Å². The van der Waals surface area contributed by atoms with Crippen molar-refractivity contribution in [2.45, 2.75) is 57.7 Å². The lowest BCUT2D eigenvalue weighted by molar-refractivity contribution is -0.274. The Morgan fingerprint density at radius 3 is 2.50 bits per heavy atom. The number of benzene rings is 1. The molecule has 0 amide bonds. The molecule has 1 aliphatic rings. The van der Waals surface area contributed by atoms with Gasteiger partial charge < -0.3 is 20.5 Å². The molecule has 26 heavy (non-hydrogen) atoms. The van der Waals surface area contributed by atoms with E-state index in [1.165, 1.54) is 12.1 Å². The van der Waals surface area contributed by atoms with E-state index in [2.05, 4.69) is 20.4 Å². The van der Waals surface area contributed by atoms with E-state index in [1.807, 2.05) is 6.92 Å². The highest BCUT2D eigenvalue weighted by Crippen LogP contribution is 2.26. The normalized spacial score (nSPS) is 20.9. The van der Waals surface area contributed by atoms with Crippen molar-refractivity contribution in [1.82, 2.24) is 10.6 Å². The number of alkyl halides is 3. The lowest BCUT2D eigenvalue weighted by Crippen LogP contribution is -2.45. The predicted molar refractivity (Wildman–Crippen MR) is 105 cm³/mol. The number of aliphatic hydroxyl groups is 1. The minimum atomic E-state index is -4.73. The van der Waals surface area contributed by atoms with Crippen molar-refractivity contribution in [3.8, 4) is 5.75 Å². The Labute approximate surface area is 168 Å². The smallest absolute Gasteiger partial charge is 0.405 e. The summed E-state index contributed by atoms with van der Waals surface area (Å²) in [6.45, 7) is 2.63. The van der Waals surface area contributed by atoms with Crippen LogP contribution >= 0.6 is 24.0 Å². The van der Waals surface area contributed by atoms with Crippen molar-refractivity contribution in [1.29, 1.82) is 0 Å². The quantitative estimate of drug-likeness (QED) is 0.338. The van der Waals surface area contributed by atoms with Crippen molar-refractivity contribution in [3.05, 3.63) is 29.8 Å². The van der Waals surface area contributed by atoms with Crippen LogP contribution in [0.15, 0.2) is 29.3 Å². The fourth-order valence-corrected chi connectivity index (χ4v) is 2.76. The Kier molecular flexibility index (Phi) is 9.48.